The number of thiophene rings is 1. The Kier molecular flexibility index (Phi) is 6.89. The summed E-state index contributed by atoms with van der Waals surface area (Å²) >= 11 is 3.27. The van der Waals surface area contributed by atoms with Crippen LogP contribution in [0, 0.1) is 0 Å². The van der Waals surface area contributed by atoms with Crippen LogP contribution >= 0.6 is 23.1 Å². The maximum atomic E-state index is 12.6. The van der Waals surface area contributed by atoms with Crippen LogP contribution in [0.4, 0.5) is 14.5 Å². The minimum Gasteiger partial charge on any atom is -0.493 e. The first-order valence-corrected chi connectivity index (χ1v) is 10.2. The minimum absolute atomic E-state index is 0.0630. The molecule has 1 aromatic heterocycles. The fourth-order valence-corrected chi connectivity index (χ4v) is 4.15. The molecular weight excluding hydrogens is 404 g/mol. The van der Waals surface area contributed by atoms with Gasteiger partial charge in [-0.3, -0.25) is 4.79 Å². The van der Waals surface area contributed by atoms with Gasteiger partial charge in [0.05, 0.1) is 12.8 Å². The normalized spacial score (nSPS) is 10.7. The minimum atomic E-state index is -2.97. The number of hydrogen-bond acceptors (Lipinski definition) is 5. The van der Waals surface area contributed by atoms with E-state index in [1.54, 1.807) is 23.1 Å². The van der Waals surface area contributed by atoms with E-state index < -0.39 is 6.61 Å². The van der Waals surface area contributed by atoms with E-state index >= 15 is 0 Å². The van der Waals surface area contributed by atoms with Crippen molar-refractivity contribution in [1.29, 1.82) is 0 Å². The molecule has 0 saturated heterocycles. The fraction of sp³-hybridized carbons (Fsp3) is 0.150. The van der Waals surface area contributed by atoms with Crippen molar-refractivity contribution in [3.8, 4) is 11.5 Å². The van der Waals surface area contributed by atoms with Gasteiger partial charge >= 0.3 is 6.61 Å². The Morgan fingerprint density at radius 3 is 2.71 bits per heavy atom. The molecule has 0 saturated carbocycles. The number of thioether (sulfide) groups is 1. The van der Waals surface area contributed by atoms with Gasteiger partial charge in [-0.05, 0) is 52.7 Å². The molecule has 2 aromatic carbocycles. The fourth-order valence-electron chi connectivity index (χ4n) is 2.43. The number of anilines is 1. The second-order valence-electron chi connectivity index (χ2n) is 5.61. The molecule has 1 heterocycles. The predicted molar refractivity (Wildman–Crippen MR) is 108 cm³/mol. The van der Waals surface area contributed by atoms with E-state index in [4.69, 9.17) is 4.74 Å². The van der Waals surface area contributed by atoms with Gasteiger partial charge in [-0.1, -0.05) is 12.1 Å². The molecule has 8 heteroatoms. The van der Waals surface area contributed by atoms with Gasteiger partial charge in [0.25, 0.3) is 5.91 Å². The first kappa shape index (κ1) is 20.2. The summed E-state index contributed by atoms with van der Waals surface area (Å²) in [5.74, 6) is 0.364. The summed E-state index contributed by atoms with van der Waals surface area (Å²) in [6.45, 7) is -2.97. The van der Waals surface area contributed by atoms with Crippen LogP contribution in [0.1, 0.15) is 15.9 Å². The average Bonchev–Trinajstić information content (AvgIpc) is 3.20. The van der Waals surface area contributed by atoms with Crippen molar-refractivity contribution in [2.45, 2.75) is 17.3 Å². The van der Waals surface area contributed by atoms with E-state index in [0.29, 0.717) is 5.69 Å². The third-order valence-electron chi connectivity index (χ3n) is 3.75. The highest BCUT2D eigenvalue weighted by molar-refractivity contribution is 7.98. The first-order valence-electron chi connectivity index (χ1n) is 8.24. The van der Waals surface area contributed by atoms with Crippen molar-refractivity contribution in [2.24, 2.45) is 0 Å². The number of para-hydroxylation sites is 1. The van der Waals surface area contributed by atoms with E-state index in [1.165, 1.54) is 30.9 Å². The molecule has 0 unspecified atom stereocenters. The van der Waals surface area contributed by atoms with Crippen molar-refractivity contribution in [1.82, 2.24) is 0 Å². The second kappa shape index (κ2) is 9.57. The number of hydrogen-bond donors (Lipinski definition) is 1. The number of methoxy groups -OCH3 is 1. The molecule has 0 bridgehead atoms. The van der Waals surface area contributed by atoms with E-state index in [-0.39, 0.29) is 23.0 Å². The van der Waals surface area contributed by atoms with Crippen molar-refractivity contribution < 1.29 is 23.0 Å². The molecule has 3 aromatic rings. The van der Waals surface area contributed by atoms with Gasteiger partial charge < -0.3 is 14.8 Å². The topological polar surface area (TPSA) is 47.6 Å². The van der Waals surface area contributed by atoms with Crippen molar-refractivity contribution in [3.05, 3.63) is 70.4 Å². The monoisotopic (exact) mass is 421 g/mol. The lowest BCUT2D eigenvalue weighted by Gasteiger charge is -2.13. The summed E-state index contributed by atoms with van der Waals surface area (Å²) < 4.78 is 34.3. The summed E-state index contributed by atoms with van der Waals surface area (Å²) in [5, 5.41) is 6.98. The van der Waals surface area contributed by atoms with Gasteiger partial charge in [0.15, 0.2) is 11.5 Å². The number of ether oxygens (including phenoxy) is 2. The van der Waals surface area contributed by atoms with Crippen LogP contribution in [-0.2, 0) is 5.75 Å². The van der Waals surface area contributed by atoms with Crippen molar-refractivity contribution >= 4 is 34.7 Å². The molecule has 3 rings (SSSR count). The number of halogens is 2. The van der Waals surface area contributed by atoms with Gasteiger partial charge in [0, 0.05) is 16.2 Å². The number of amides is 1. The molecular formula is C20H17F2NO3S2. The number of rotatable bonds is 8. The molecule has 146 valence electrons. The summed E-state index contributed by atoms with van der Waals surface area (Å²) in [6.07, 6.45) is 0. The van der Waals surface area contributed by atoms with E-state index in [0.717, 1.165) is 10.6 Å². The summed E-state index contributed by atoms with van der Waals surface area (Å²) in [6, 6.07) is 13.6. The maximum absolute atomic E-state index is 12.6. The molecule has 0 aliphatic heterocycles. The zero-order valence-electron chi connectivity index (χ0n) is 14.9. The predicted octanol–water partition coefficient (Wildman–Crippen LogP) is 5.90. The quantitative estimate of drug-likeness (QED) is 0.460. The van der Waals surface area contributed by atoms with Gasteiger partial charge in [-0.15, -0.1) is 11.8 Å². The Labute approximate surface area is 169 Å². The maximum Gasteiger partial charge on any atom is 0.387 e. The van der Waals surface area contributed by atoms with Gasteiger partial charge in [0.1, 0.15) is 0 Å². The standard InChI is InChI=1S/C20H17F2NO3S2/c1-25-17-10-14(6-7-16(17)26-20(21)22)19(24)23-15-4-2-3-5-18(15)28-12-13-8-9-27-11-13/h2-11,20H,12H2,1H3,(H,23,24). The largest absolute Gasteiger partial charge is 0.493 e. The van der Waals surface area contributed by atoms with Gasteiger partial charge in [0.2, 0.25) is 0 Å². The number of carbonyl (C=O) groups excluding carboxylic acids is 1. The van der Waals surface area contributed by atoms with Crippen LogP contribution in [0.3, 0.4) is 0 Å². The molecule has 0 aliphatic carbocycles. The van der Waals surface area contributed by atoms with E-state index in [1.807, 2.05) is 29.6 Å². The third-order valence-corrected chi connectivity index (χ3v) is 5.63. The molecule has 0 fully saturated rings. The number of carbonyl (C=O) groups is 1. The highest BCUT2D eigenvalue weighted by Crippen LogP contribution is 2.32. The van der Waals surface area contributed by atoms with E-state index in [9.17, 15) is 13.6 Å². The number of alkyl halides is 2. The summed E-state index contributed by atoms with van der Waals surface area (Å²) in [4.78, 5) is 13.6. The molecule has 4 nitrogen and oxygen atoms in total. The Bertz CT molecular complexity index is 933. The van der Waals surface area contributed by atoms with Gasteiger partial charge in [-0.2, -0.15) is 20.1 Å². The van der Waals surface area contributed by atoms with Gasteiger partial charge in [-0.25, -0.2) is 0 Å². The molecule has 1 N–H and O–H groups in total. The van der Waals surface area contributed by atoms with E-state index in [2.05, 4.69) is 21.5 Å². The van der Waals surface area contributed by atoms with Crippen molar-refractivity contribution in [3.63, 3.8) is 0 Å². The molecule has 0 atom stereocenters. The van der Waals surface area contributed by atoms with Crippen molar-refractivity contribution in [2.75, 3.05) is 12.4 Å². The Hall–Kier alpha value is -2.58. The smallest absolute Gasteiger partial charge is 0.387 e. The third kappa shape index (κ3) is 5.24. The first-order chi connectivity index (χ1) is 13.6. The molecule has 1 amide bonds. The lowest BCUT2D eigenvalue weighted by Crippen LogP contribution is -2.13. The zero-order chi connectivity index (χ0) is 19.9. The SMILES string of the molecule is COc1cc(C(=O)Nc2ccccc2SCc2ccsc2)ccc1OC(F)F. The summed E-state index contributed by atoms with van der Waals surface area (Å²) in [7, 11) is 1.33. The summed E-state index contributed by atoms with van der Waals surface area (Å²) in [5.41, 5.74) is 2.17. The lowest BCUT2D eigenvalue weighted by atomic mass is 10.2. The van der Waals surface area contributed by atoms with Crippen LogP contribution in [0.5, 0.6) is 11.5 Å². The lowest BCUT2D eigenvalue weighted by molar-refractivity contribution is -0.0512. The average molecular weight is 421 g/mol. The molecule has 0 aliphatic rings. The molecule has 28 heavy (non-hydrogen) atoms. The number of benzene rings is 2. The number of nitrogens with one attached hydrogen (secondary N) is 1. The Morgan fingerprint density at radius 1 is 1.18 bits per heavy atom. The Balaban J connectivity index is 1.74. The molecule has 0 spiro atoms. The van der Waals surface area contributed by atoms with Crippen LogP contribution in [0.2, 0.25) is 0 Å². The van der Waals surface area contributed by atoms with Crippen LogP contribution in [0.25, 0.3) is 0 Å². The highest BCUT2D eigenvalue weighted by Gasteiger charge is 2.15. The van der Waals surface area contributed by atoms with Crippen LogP contribution in [0.15, 0.2) is 64.2 Å². The second-order valence-corrected chi connectivity index (χ2v) is 7.41. The molecule has 0 radical (unpaired) electrons. The Morgan fingerprint density at radius 2 is 2.00 bits per heavy atom. The highest BCUT2D eigenvalue weighted by atomic mass is 32.2. The van der Waals surface area contributed by atoms with Crippen LogP contribution < -0.4 is 14.8 Å². The van der Waals surface area contributed by atoms with Crippen LogP contribution in [-0.4, -0.2) is 19.6 Å². The zero-order valence-corrected chi connectivity index (χ0v) is 16.5.